The van der Waals surface area contributed by atoms with Gasteiger partial charge in [0.2, 0.25) is 5.91 Å². The Hall–Kier alpha value is 0.110. The Morgan fingerprint density at radius 1 is 1.33 bits per heavy atom. The molecule has 2 nitrogen and oxygen atoms in total. The van der Waals surface area contributed by atoms with Gasteiger partial charge < -0.3 is 4.90 Å². The normalized spacial score (nSPS) is 29.4. The average molecular weight is 290 g/mol. The van der Waals surface area contributed by atoms with Gasteiger partial charge in [-0.25, -0.2) is 0 Å². The minimum Gasteiger partial charge on any atom is -0.337 e. The topological polar surface area (TPSA) is 20.3 Å². The first kappa shape index (κ1) is 14.5. The van der Waals surface area contributed by atoms with E-state index in [0.717, 1.165) is 18.7 Å². The van der Waals surface area contributed by atoms with Crippen molar-refractivity contribution in [2.45, 2.75) is 62.7 Å². The van der Waals surface area contributed by atoms with E-state index in [1.54, 1.807) is 0 Å². The molecule has 0 spiro atoms. The van der Waals surface area contributed by atoms with Crippen molar-refractivity contribution in [2.24, 2.45) is 0 Å². The number of nitrogens with zero attached hydrogens (tertiary/aromatic N) is 1. The maximum Gasteiger partial charge on any atom is 0.238 e. The molecular formula is C14H24ClNOS. The fourth-order valence-corrected chi connectivity index (χ4v) is 4.64. The fraction of sp³-hybridized carbons (Fsp3) is 0.929. The lowest BCUT2D eigenvalue weighted by Gasteiger charge is -2.38. The van der Waals surface area contributed by atoms with E-state index in [1.807, 2.05) is 11.8 Å². The predicted molar refractivity (Wildman–Crippen MR) is 79.4 cm³/mol. The van der Waals surface area contributed by atoms with Crippen LogP contribution < -0.4 is 0 Å². The van der Waals surface area contributed by atoms with E-state index in [4.69, 9.17) is 11.6 Å². The molecule has 2 fully saturated rings. The van der Waals surface area contributed by atoms with Crippen LogP contribution in [0, 0.1) is 0 Å². The standard InChI is InChI=1S/C14H24ClNOS/c1-14(8-5-11-18-14)13(17)16(10-9-15)12-6-3-2-4-7-12/h12H,2-11H2,1H3. The van der Waals surface area contributed by atoms with E-state index in [9.17, 15) is 4.79 Å². The fourth-order valence-electron chi connectivity index (χ4n) is 3.19. The molecule has 104 valence electrons. The molecule has 2 aliphatic rings. The molecule has 1 aliphatic heterocycles. The van der Waals surface area contributed by atoms with Crippen molar-refractivity contribution in [1.29, 1.82) is 0 Å². The molecule has 1 heterocycles. The summed E-state index contributed by atoms with van der Waals surface area (Å²) < 4.78 is -0.177. The molecule has 1 saturated heterocycles. The SMILES string of the molecule is CC1(C(=O)N(CCCl)C2CCCCC2)CCCS1. The van der Waals surface area contributed by atoms with Crippen molar-refractivity contribution in [3.8, 4) is 0 Å². The molecule has 1 unspecified atom stereocenters. The van der Waals surface area contributed by atoms with E-state index >= 15 is 0 Å². The molecule has 0 radical (unpaired) electrons. The summed E-state index contributed by atoms with van der Waals surface area (Å²) in [5, 5.41) is 0. The van der Waals surface area contributed by atoms with E-state index in [1.165, 1.54) is 38.5 Å². The number of alkyl halides is 1. The summed E-state index contributed by atoms with van der Waals surface area (Å²) in [7, 11) is 0. The van der Waals surface area contributed by atoms with Gasteiger partial charge in [0.25, 0.3) is 0 Å². The molecule has 0 aromatic rings. The first-order chi connectivity index (χ1) is 8.67. The highest BCUT2D eigenvalue weighted by Crippen LogP contribution is 2.40. The van der Waals surface area contributed by atoms with Gasteiger partial charge in [0, 0.05) is 18.5 Å². The van der Waals surface area contributed by atoms with Gasteiger partial charge in [-0.05, 0) is 38.4 Å². The summed E-state index contributed by atoms with van der Waals surface area (Å²) in [5.41, 5.74) is 0. The Labute approximate surface area is 120 Å². The molecular weight excluding hydrogens is 266 g/mol. The van der Waals surface area contributed by atoms with Crippen LogP contribution in [-0.4, -0.2) is 39.8 Å². The molecule has 1 amide bonds. The molecule has 1 saturated carbocycles. The van der Waals surface area contributed by atoms with Crippen LogP contribution in [0.1, 0.15) is 51.9 Å². The number of carbonyl (C=O) groups excluding carboxylic acids is 1. The number of carbonyl (C=O) groups is 1. The second-order valence-electron chi connectivity index (χ2n) is 5.66. The minimum absolute atomic E-state index is 0.177. The Morgan fingerprint density at radius 2 is 2.06 bits per heavy atom. The Bertz CT molecular complexity index is 286. The maximum atomic E-state index is 12.8. The zero-order valence-electron chi connectivity index (χ0n) is 11.3. The minimum atomic E-state index is -0.177. The van der Waals surface area contributed by atoms with Crippen molar-refractivity contribution in [3.63, 3.8) is 0 Å². The molecule has 0 aromatic carbocycles. The summed E-state index contributed by atoms with van der Waals surface area (Å²) in [5.74, 6) is 2.03. The molecule has 18 heavy (non-hydrogen) atoms. The van der Waals surface area contributed by atoms with Crippen LogP contribution in [0.2, 0.25) is 0 Å². The second kappa shape index (κ2) is 6.51. The second-order valence-corrected chi connectivity index (χ2v) is 7.64. The van der Waals surface area contributed by atoms with Crippen LogP contribution in [0.3, 0.4) is 0 Å². The van der Waals surface area contributed by atoms with E-state index < -0.39 is 0 Å². The Balaban J connectivity index is 2.05. The van der Waals surface area contributed by atoms with Gasteiger partial charge in [-0.15, -0.1) is 23.4 Å². The first-order valence-electron chi connectivity index (χ1n) is 7.18. The van der Waals surface area contributed by atoms with Gasteiger partial charge in [-0.2, -0.15) is 0 Å². The maximum absolute atomic E-state index is 12.8. The molecule has 4 heteroatoms. The lowest BCUT2D eigenvalue weighted by molar-refractivity contribution is -0.136. The third kappa shape index (κ3) is 3.16. The van der Waals surface area contributed by atoms with Gasteiger partial charge >= 0.3 is 0 Å². The van der Waals surface area contributed by atoms with E-state index in [0.29, 0.717) is 17.8 Å². The first-order valence-corrected chi connectivity index (χ1v) is 8.70. The van der Waals surface area contributed by atoms with Crippen LogP contribution in [0.15, 0.2) is 0 Å². The zero-order chi connectivity index (χ0) is 13.0. The number of hydrogen-bond donors (Lipinski definition) is 0. The van der Waals surface area contributed by atoms with Gasteiger partial charge in [0.15, 0.2) is 0 Å². The van der Waals surface area contributed by atoms with Crippen LogP contribution in [0.5, 0.6) is 0 Å². The number of rotatable bonds is 4. The van der Waals surface area contributed by atoms with Crippen LogP contribution in [0.25, 0.3) is 0 Å². The number of amides is 1. The highest BCUT2D eigenvalue weighted by molar-refractivity contribution is 8.01. The average Bonchev–Trinajstić information content (AvgIpc) is 2.84. The number of halogens is 1. The molecule has 0 aromatic heterocycles. The lowest BCUT2D eigenvalue weighted by Crippen LogP contribution is -2.50. The highest BCUT2D eigenvalue weighted by atomic mass is 35.5. The van der Waals surface area contributed by atoms with Crippen LogP contribution in [-0.2, 0) is 4.79 Å². The predicted octanol–water partition coefficient (Wildman–Crippen LogP) is 3.67. The molecule has 0 N–H and O–H groups in total. The third-order valence-electron chi connectivity index (χ3n) is 4.27. The molecule has 2 rings (SSSR count). The largest absolute Gasteiger partial charge is 0.337 e. The van der Waals surface area contributed by atoms with Gasteiger partial charge in [0.05, 0.1) is 4.75 Å². The lowest BCUT2D eigenvalue weighted by atomic mass is 9.92. The van der Waals surface area contributed by atoms with Crippen molar-refractivity contribution in [2.75, 3.05) is 18.2 Å². The summed E-state index contributed by atoms with van der Waals surface area (Å²) in [6, 6.07) is 0.447. The monoisotopic (exact) mass is 289 g/mol. The van der Waals surface area contributed by atoms with Crippen molar-refractivity contribution < 1.29 is 4.79 Å². The van der Waals surface area contributed by atoms with Gasteiger partial charge in [-0.1, -0.05) is 19.3 Å². The number of hydrogen-bond acceptors (Lipinski definition) is 2. The van der Waals surface area contributed by atoms with E-state index in [-0.39, 0.29) is 4.75 Å². The summed E-state index contributed by atoms with van der Waals surface area (Å²) in [4.78, 5) is 14.9. The molecule has 1 atom stereocenters. The highest BCUT2D eigenvalue weighted by Gasteiger charge is 2.41. The summed E-state index contributed by atoms with van der Waals surface area (Å²) in [6.45, 7) is 2.85. The van der Waals surface area contributed by atoms with Gasteiger partial charge in [0.1, 0.15) is 0 Å². The van der Waals surface area contributed by atoms with Gasteiger partial charge in [-0.3, -0.25) is 4.79 Å². The van der Waals surface area contributed by atoms with Crippen LogP contribution in [0.4, 0.5) is 0 Å². The van der Waals surface area contributed by atoms with Crippen molar-refractivity contribution in [3.05, 3.63) is 0 Å². The smallest absolute Gasteiger partial charge is 0.238 e. The molecule has 1 aliphatic carbocycles. The summed E-state index contributed by atoms with van der Waals surface area (Å²) in [6.07, 6.45) is 8.40. The Morgan fingerprint density at radius 3 is 2.61 bits per heavy atom. The van der Waals surface area contributed by atoms with Crippen molar-refractivity contribution >= 4 is 29.3 Å². The number of thioether (sulfide) groups is 1. The van der Waals surface area contributed by atoms with Crippen molar-refractivity contribution in [1.82, 2.24) is 4.90 Å². The third-order valence-corrected chi connectivity index (χ3v) is 5.95. The summed E-state index contributed by atoms with van der Waals surface area (Å²) >= 11 is 7.75. The van der Waals surface area contributed by atoms with E-state index in [2.05, 4.69) is 11.8 Å². The quantitative estimate of drug-likeness (QED) is 0.736. The Kier molecular flexibility index (Phi) is 5.25. The zero-order valence-corrected chi connectivity index (χ0v) is 12.9. The molecule has 0 bridgehead atoms. The van der Waals surface area contributed by atoms with Crippen LogP contribution >= 0.6 is 23.4 Å².